The Morgan fingerprint density at radius 2 is 1.94 bits per heavy atom. The molecule has 0 aromatic heterocycles. The summed E-state index contributed by atoms with van der Waals surface area (Å²) < 4.78 is 4.85. The Morgan fingerprint density at radius 1 is 1.22 bits per heavy atom. The average Bonchev–Trinajstić information content (AvgIpc) is 2.38. The molecule has 0 aliphatic heterocycles. The molecule has 3 nitrogen and oxygen atoms in total. The van der Waals surface area contributed by atoms with Gasteiger partial charge in [0.15, 0.2) is 0 Å². The van der Waals surface area contributed by atoms with Gasteiger partial charge in [0, 0.05) is 17.3 Å². The van der Waals surface area contributed by atoms with E-state index in [0.29, 0.717) is 12.3 Å². The Kier molecular flexibility index (Phi) is 3.63. The summed E-state index contributed by atoms with van der Waals surface area (Å²) in [4.78, 5) is 11.4. The fraction of sp³-hybridized carbons (Fsp3) is 0.133. The van der Waals surface area contributed by atoms with Gasteiger partial charge in [-0.1, -0.05) is 42.5 Å². The van der Waals surface area contributed by atoms with E-state index in [4.69, 9.17) is 10.5 Å². The van der Waals surface area contributed by atoms with E-state index >= 15 is 0 Å². The highest BCUT2D eigenvalue weighted by Gasteiger charge is 2.05. The summed E-state index contributed by atoms with van der Waals surface area (Å²) in [5, 5.41) is 2.12. The maximum atomic E-state index is 11.4. The van der Waals surface area contributed by atoms with Crippen LogP contribution in [0.1, 0.15) is 12.5 Å². The molecule has 0 atom stereocenters. The predicted molar refractivity (Wildman–Crippen MR) is 72.7 cm³/mol. The molecular weight excluding hydrogens is 226 g/mol. The van der Waals surface area contributed by atoms with Crippen molar-refractivity contribution in [3.63, 3.8) is 0 Å². The van der Waals surface area contributed by atoms with Gasteiger partial charge in [0.1, 0.15) is 0 Å². The molecule has 0 saturated carbocycles. The zero-order valence-corrected chi connectivity index (χ0v) is 10.2. The van der Waals surface area contributed by atoms with Gasteiger partial charge in [-0.05, 0) is 17.7 Å². The summed E-state index contributed by atoms with van der Waals surface area (Å²) in [5.74, 6) is -0.414. The van der Waals surface area contributed by atoms with Crippen LogP contribution in [0, 0.1) is 0 Å². The van der Waals surface area contributed by atoms with E-state index < -0.39 is 5.97 Å². The molecule has 0 aliphatic carbocycles. The Hall–Kier alpha value is -2.29. The van der Waals surface area contributed by atoms with Crippen molar-refractivity contribution in [1.82, 2.24) is 0 Å². The number of ether oxygens (including phenoxy) is 1. The summed E-state index contributed by atoms with van der Waals surface area (Å²) in [5.41, 5.74) is 7.22. The molecule has 3 heteroatoms. The number of rotatable bonds is 3. The highest BCUT2D eigenvalue weighted by Crippen LogP contribution is 2.22. The van der Waals surface area contributed by atoms with Gasteiger partial charge in [0.05, 0.1) is 6.61 Å². The molecule has 2 rings (SSSR count). The molecule has 0 heterocycles. The number of esters is 1. The first kappa shape index (κ1) is 12.2. The smallest absolute Gasteiger partial charge is 0.332 e. The lowest BCUT2D eigenvalue weighted by molar-refractivity contribution is -0.137. The topological polar surface area (TPSA) is 52.3 Å². The zero-order valence-electron chi connectivity index (χ0n) is 10.2. The molecule has 0 fully saturated rings. The van der Waals surface area contributed by atoms with Crippen LogP contribution in [0.15, 0.2) is 48.5 Å². The minimum absolute atomic E-state index is 0.345. The lowest BCUT2D eigenvalue weighted by Crippen LogP contribution is -2.05. The number of fused-ring (bicyclic) bond motifs is 1. The molecule has 0 amide bonds. The minimum Gasteiger partial charge on any atom is -0.463 e. The van der Waals surface area contributed by atoms with Crippen LogP contribution in [0.25, 0.3) is 16.5 Å². The highest BCUT2D eigenvalue weighted by atomic mass is 16.5. The Bertz CT molecular complexity index is 597. The van der Waals surface area contributed by atoms with Crippen molar-refractivity contribution in [3.8, 4) is 0 Å². The van der Waals surface area contributed by atoms with Crippen molar-refractivity contribution < 1.29 is 9.53 Å². The first-order valence-corrected chi connectivity index (χ1v) is 5.84. The van der Waals surface area contributed by atoms with E-state index in [2.05, 4.69) is 0 Å². The summed E-state index contributed by atoms with van der Waals surface area (Å²) in [7, 11) is 0. The van der Waals surface area contributed by atoms with E-state index in [1.54, 1.807) is 6.92 Å². The van der Waals surface area contributed by atoms with Gasteiger partial charge in [0.25, 0.3) is 0 Å². The van der Waals surface area contributed by atoms with E-state index in [-0.39, 0.29) is 0 Å². The van der Waals surface area contributed by atoms with E-state index in [1.165, 1.54) is 6.08 Å². The van der Waals surface area contributed by atoms with Crippen LogP contribution in [0.2, 0.25) is 0 Å². The third kappa shape index (κ3) is 2.51. The van der Waals surface area contributed by atoms with Crippen LogP contribution in [0.5, 0.6) is 0 Å². The molecule has 0 bridgehead atoms. The zero-order chi connectivity index (χ0) is 13.0. The molecule has 92 valence electrons. The number of carbonyl (C=O) groups excluding carboxylic acids is 1. The number of benzene rings is 2. The first-order valence-electron chi connectivity index (χ1n) is 5.84. The molecule has 0 saturated heterocycles. The number of nitrogens with two attached hydrogens (primary N) is 1. The van der Waals surface area contributed by atoms with Gasteiger partial charge in [-0.2, -0.15) is 0 Å². The molecule has 2 N–H and O–H groups in total. The van der Waals surface area contributed by atoms with Crippen LogP contribution in [0.4, 0.5) is 0 Å². The van der Waals surface area contributed by atoms with Gasteiger partial charge in [-0.3, -0.25) is 0 Å². The second-order valence-corrected chi connectivity index (χ2v) is 3.88. The Labute approximate surface area is 106 Å². The minimum atomic E-state index is -0.414. The predicted octanol–water partition coefficient (Wildman–Crippen LogP) is 2.70. The Balaban J connectivity index is 2.45. The van der Waals surface area contributed by atoms with Crippen LogP contribution in [-0.2, 0) is 9.53 Å². The normalized spacial score (nSPS) is 11.5. The molecule has 18 heavy (non-hydrogen) atoms. The van der Waals surface area contributed by atoms with E-state index in [9.17, 15) is 4.79 Å². The number of hydrogen-bond acceptors (Lipinski definition) is 3. The number of carbonyl (C=O) groups is 1. The molecule has 0 spiro atoms. The van der Waals surface area contributed by atoms with Gasteiger partial charge >= 0.3 is 5.97 Å². The monoisotopic (exact) mass is 241 g/mol. The van der Waals surface area contributed by atoms with Gasteiger partial charge in [0.2, 0.25) is 0 Å². The quantitative estimate of drug-likeness (QED) is 0.664. The van der Waals surface area contributed by atoms with Crippen molar-refractivity contribution in [3.05, 3.63) is 54.1 Å². The fourth-order valence-corrected chi connectivity index (χ4v) is 1.87. The molecule has 0 radical (unpaired) electrons. The molecule has 2 aromatic rings. The second kappa shape index (κ2) is 5.36. The maximum Gasteiger partial charge on any atom is 0.332 e. The third-order valence-electron chi connectivity index (χ3n) is 2.66. The van der Waals surface area contributed by atoms with Crippen LogP contribution in [0.3, 0.4) is 0 Å². The first-order chi connectivity index (χ1) is 8.72. The maximum absolute atomic E-state index is 11.4. The molecule has 2 aromatic carbocycles. The summed E-state index contributed by atoms with van der Waals surface area (Å²) in [6.07, 6.45) is 1.32. The summed E-state index contributed by atoms with van der Waals surface area (Å²) in [6.45, 7) is 2.11. The molecular formula is C15H15NO2. The van der Waals surface area contributed by atoms with Crippen molar-refractivity contribution in [2.45, 2.75) is 6.92 Å². The second-order valence-electron chi connectivity index (χ2n) is 3.88. The number of hydrogen-bond donors (Lipinski definition) is 1. The standard InChI is InChI=1S/C15H15NO2/c1-2-18-15(17)10-14(16)13-9-5-7-11-6-3-4-8-12(11)13/h3-10H,2,16H2,1H3. The average molecular weight is 241 g/mol. The van der Waals surface area contributed by atoms with Gasteiger partial charge < -0.3 is 10.5 Å². The van der Waals surface area contributed by atoms with Crippen molar-refractivity contribution in [1.29, 1.82) is 0 Å². The SMILES string of the molecule is CCOC(=O)C=C(N)c1cccc2ccccc12. The van der Waals surface area contributed by atoms with Gasteiger partial charge in [-0.15, -0.1) is 0 Å². The fourth-order valence-electron chi connectivity index (χ4n) is 1.87. The van der Waals surface area contributed by atoms with Crippen LogP contribution < -0.4 is 5.73 Å². The van der Waals surface area contributed by atoms with E-state index in [0.717, 1.165) is 16.3 Å². The van der Waals surface area contributed by atoms with Crippen molar-refractivity contribution >= 4 is 22.4 Å². The Morgan fingerprint density at radius 3 is 2.72 bits per heavy atom. The molecule has 0 aliphatic rings. The highest BCUT2D eigenvalue weighted by molar-refractivity contribution is 5.98. The lowest BCUT2D eigenvalue weighted by Gasteiger charge is -2.06. The third-order valence-corrected chi connectivity index (χ3v) is 2.66. The summed E-state index contributed by atoms with van der Waals surface area (Å²) in [6, 6.07) is 13.7. The molecule has 0 unspecified atom stereocenters. The van der Waals surface area contributed by atoms with Gasteiger partial charge in [-0.25, -0.2) is 4.79 Å². The lowest BCUT2D eigenvalue weighted by atomic mass is 10.0. The van der Waals surface area contributed by atoms with Crippen molar-refractivity contribution in [2.75, 3.05) is 6.61 Å². The summed E-state index contributed by atoms with van der Waals surface area (Å²) >= 11 is 0. The van der Waals surface area contributed by atoms with E-state index in [1.807, 2.05) is 42.5 Å². The van der Waals surface area contributed by atoms with Crippen molar-refractivity contribution in [2.24, 2.45) is 5.73 Å². The van der Waals surface area contributed by atoms with Crippen LogP contribution >= 0.6 is 0 Å². The largest absolute Gasteiger partial charge is 0.463 e. The van der Waals surface area contributed by atoms with Crippen LogP contribution in [-0.4, -0.2) is 12.6 Å².